The molecule has 0 aliphatic heterocycles. The maximum absolute atomic E-state index is 12.6. The van der Waals surface area contributed by atoms with Crippen LogP contribution in [0.25, 0.3) is 17.0 Å². The number of nitrogens with one attached hydrogen (secondary N) is 1. The topological polar surface area (TPSA) is 53.1 Å². The molecule has 0 fully saturated rings. The van der Waals surface area contributed by atoms with Crippen molar-refractivity contribution in [2.45, 2.75) is 12.8 Å². The van der Waals surface area contributed by atoms with Gasteiger partial charge in [-0.2, -0.15) is 0 Å². The maximum Gasteiger partial charge on any atom is 0.189 e. The van der Waals surface area contributed by atoms with E-state index in [0.717, 1.165) is 34.0 Å². The van der Waals surface area contributed by atoms with Crippen LogP contribution >= 0.6 is 0 Å². The number of phenols is 1. The SMILES string of the molecule is O=C1/C(=C/c2c[nH]c3ccccc23)CCc2cc(O)ccc21. The van der Waals surface area contributed by atoms with Crippen molar-refractivity contribution in [3.63, 3.8) is 0 Å². The minimum absolute atomic E-state index is 0.0616. The standard InChI is InChI=1S/C19H15NO2/c21-15-7-8-17-12(10-15)5-6-13(19(17)22)9-14-11-20-18-4-2-1-3-16(14)18/h1-4,7-11,20-21H,5-6H2/b13-9+. The van der Waals surface area contributed by atoms with Crippen LogP contribution in [-0.2, 0) is 6.42 Å². The van der Waals surface area contributed by atoms with Crippen molar-refractivity contribution in [1.82, 2.24) is 4.98 Å². The molecule has 1 aliphatic rings. The summed E-state index contributed by atoms with van der Waals surface area (Å²) >= 11 is 0. The molecular weight excluding hydrogens is 274 g/mol. The van der Waals surface area contributed by atoms with E-state index >= 15 is 0 Å². The highest BCUT2D eigenvalue weighted by Gasteiger charge is 2.22. The quantitative estimate of drug-likeness (QED) is 0.663. The second kappa shape index (κ2) is 4.88. The molecule has 4 rings (SSSR count). The minimum Gasteiger partial charge on any atom is -0.508 e. The van der Waals surface area contributed by atoms with Gasteiger partial charge in [0, 0.05) is 33.8 Å². The normalized spacial score (nSPS) is 16.2. The Kier molecular flexibility index (Phi) is 2.86. The molecule has 1 aliphatic carbocycles. The molecule has 0 atom stereocenters. The highest BCUT2D eigenvalue weighted by Crippen LogP contribution is 2.30. The van der Waals surface area contributed by atoms with E-state index in [1.165, 1.54) is 0 Å². The largest absolute Gasteiger partial charge is 0.508 e. The molecule has 22 heavy (non-hydrogen) atoms. The number of ketones is 1. The van der Waals surface area contributed by atoms with Gasteiger partial charge >= 0.3 is 0 Å². The van der Waals surface area contributed by atoms with Gasteiger partial charge in [-0.25, -0.2) is 0 Å². The third-order valence-corrected chi connectivity index (χ3v) is 4.24. The molecule has 2 aromatic carbocycles. The third kappa shape index (κ3) is 2.02. The summed E-state index contributed by atoms with van der Waals surface area (Å²) in [4.78, 5) is 15.9. The van der Waals surface area contributed by atoms with E-state index in [-0.39, 0.29) is 11.5 Å². The Bertz CT molecular complexity index is 918. The van der Waals surface area contributed by atoms with Crippen LogP contribution in [0.3, 0.4) is 0 Å². The highest BCUT2D eigenvalue weighted by molar-refractivity contribution is 6.14. The van der Waals surface area contributed by atoms with Gasteiger partial charge < -0.3 is 10.1 Å². The molecule has 0 radical (unpaired) electrons. The Labute approximate surface area is 127 Å². The minimum atomic E-state index is 0.0616. The lowest BCUT2D eigenvalue weighted by atomic mass is 9.86. The Hall–Kier alpha value is -2.81. The van der Waals surface area contributed by atoms with E-state index in [1.807, 2.05) is 30.5 Å². The number of H-pyrrole nitrogens is 1. The lowest BCUT2D eigenvalue weighted by Crippen LogP contribution is -2.13. The second-order valence-corrected chi connectivity index (χ2v) is 5.63. The number of benzene rings is 2. The van der Waals surface area contributed by atoms with E-state index < -0.39 is 0 Å². The highest BCUT2D eigenvalue weighted by atomic mass is 16.3. The van der Waals surface area contributed by atoms with Crippen LogP contribution in [0.1, 0.15) is 27.9 Å². The van der Waals surface area contributed by atoms with Gasteiger partial charge in [-0.05, 0) is 48.7 Å². The summed E-state index contributed by atoms with van der Waals surface area (Å²) in [5.74, 6) is 0.280. The van der Waals surface area contributed by atoms with Gasteiger partial charge in [-0.1, -0.05) is 18.2 Å². The van der Waals surface area contributed by atoms with E-state index in [1.54, 1.807) is 18.2 Å². The van der Waals surface area contributed by atoms with Gasteiger partial charge in [-0.15, -0.1) is 0 Å². The molecule has 0 amide bonds. The first-order valence-corrected chi connectivity index (χ1v) is 7.35. The van der Waals surface area contributed by atoms with Gasteiger partial charge in [0.1, 0.15) is 5.75 Å². The van der Waals surface area contributed by atoms with Gasteiger partial charge in [0.25, 0.3) is 0 Å². The maximum atomic E-state index is 12.6. The van der Waals surface area contributed by atoms with Crippen LogP contribution in [0, 0.1) is 0 Å². The molecule has 1 aromatic heterocycles. The van der Waals surface area contributed by atoms with Crippen LogP contribution in [0.15, 0.2) is 54.2 Å². The average Bonchev–Trinajstić information content (AvgIpc) is 2.93. The van der Waals surface area contributed by atoms with Gasteiger partial charge in [0.15, 0.2) is 5.78 Å². The number of fused-ring (bicyclic) bond motifs is 2. The summed E-state index contributed by atoms with van der Waals surface area (Å²) in [6.45, 7) is 0. The average molecular weight is 289 g/mol. The van der Waals surface area contributed by atoms with Crippen molar-refractivity contribution < 1.29 is 9.90 Å². The van der Waals surface area contributed by atoms with Crippen molar-refractivity contribution in [3.8, 4) is 5.75 Å². The first-order chi connectivity index (χ1) is 10.7. The lowest BCUT2D eigenvalue weighted by Gasteiger charge is -2.17. The Morgan fingerprint density at radius 1 is 1.09 bits per heavy atom. The summed E-state index contributed by atoms with van der Waals surface area (Å²) in [5.41, 5.74) is 4.57. The van der Waals surface area contributed by atoms with Crippen LogP contribution in [0.2, 0.25) is 0 Å². The van der Waals surface area contributed by atoms with Gasteiger partial charge in [-0.3, -0.25) is 4.79 Å². The fraction of sp³-hybridized carbons (Fsp3) is 0.105. The predicted molar refractivity (Wildman–Crippen MR) is 87.0 cm³/mol. The number of rotatable bonds is 1. The Balaban J connectivity index is 1.77. The number of aryl methyl sites for hydroxylation is 1. The number of phenolic OH excluding ortho intramolecular Hbond substituents is 1. The van der Waals surface area contributed by atoms with E-state index in [4.69, 9.17) is 0 Å². The van der Waals surface area contributed by atoms with Crippen molar-refractivity contribution in [3.05, 3.63) is 70.9 Å². The molecule has 3 heteroatoms. The number of aromatic amines is 1. The number of Topliss-reactive ketones (excluding diaryl/α,β-unsaturated/α-hetero) is 1. The van der Waals surface area contributed by atoms with Gasteiger partial charge in [0.05, 0.1) is 0 Å². The van der Waals surface area contributed by atoms with Crippen LogP contribution < -0.4 is 0 Å². The molecule has 0 spiro atoms. The number of hydrogen-bond donors (Lipinski definition) is 2. The first kappa shape index (κ1) is 12.9. The number of aromatic nitrogens is 1. The number of aromatic hydroxyl groups is 1. The van der Waals surface area contributed by atoms with Crippen LogP contribution in [0.4, 0.5) is 0 Å². The Morgan fingerprint density at radius 3 is 2.86 bits per heavy atom. The molecule has 3 nitrogen and oxygen atoms in total. The lowest BCUT2D eigenvalue weighted by molar-refractivity contribution is 0.102. The van der Waals surface area contributed by atoms with Crippen LogP contribution in [0.5, 0.6) is 5.75 Å². The van der Waals surface area contributed by atoms with Crippen molar-refractivity contribution >= 4 is 22.8 Å². The van der Waals surface area contributed by atoms with E-state index in [0.29, 0.717) is 12.0 Å². The van der Waals surface area contributed by atoms with E-state index in [2.05, 4.69) is 11.1 Å². The molecule has 1 heterocycles. The zero-order valence-electron chi connectivity index (χ0n) is 12.0. The number of carbonyl (C=O) groups is 1. The molecule has 108 valence electrons. The van der Waals surface area contributed by atoms with Crippen molar-refractivity contribution in [2.75, 3.05) is 0 Å². The fourth-order valence-electron chi connectivity index (χ4n) is 3.10. The van der Waals surface area contributed by atoms with Crippen molar-refractivity contribution in [2.24, 2.45) is 0 Å². The predicted octanol–water partition coefficient (Wildman–Crippen LogP) is 4.09. The summed E-state index contributed by atoms with van der Waals surface area (Å²) in [7, 11) is 0. The van der Waals surface area contributed by atoms with Crippen molar-refractivity contribution in [1.29, 1.82) is 0 Å². The zero-order valence-corrected chi connectivity index (χ0v) is 12.0. The molecule has 0 bridgehead atoms. The summed E-state index contributed by atoms with van der Waals surface area (Å²) in [5, 5.41) is 10.7. The number of hydrogen-bond acceptors (Lipinski definition) is 2. The molecule has 0 saturated heterocycles. The zero-order chi connectivity index (χ0) is 15.1. The summed E-state index contributed by atoms with van der Waals surface area (Å²) in [6.07, 6.45) is 5.41. The van der Waals surface area contributed by atoms with Gasteiger partial charge in [0.2, 0.25) is 0 Å². The fourth-order valence-corrected chi connectivity index (χ4v) is 3.10. The Morgan fingerprint density at radius 2 is 1.95 bits per heavy atom. The second-order valence-electron chi connectivity index (χ2n) is 5.63. The summed E-state index contributed by atoms with van der Waals surface area (Å²) in [6, 6.07) is 13.1. The summed E-state index contributed by atoms with van der Waals surface area (Å²) < 4.78 is 0. The molecule has 2 N–H and O–H groups in total. The monoisotopic (exact) mass is 289 g/mol. The smallest absolute Gasteiger partial charge is 0.189 e. The number of para-hydroxylation sites is 1. The van der Waals surface area contributed by atoms with Crippen LogP contribution in [-0.4, -0.2) is 15.9 Å². The number of carbonyl (C=O) groups excluding carboxylic acids is 1. The molecular formula is C19H15NO2. The third-order valence-electron chi connectivity index (χ3n) is 4.24. The molecule has 0 unspecified atom stereocenters. The molecule has 0 saturated carbocycles. The first-order valence-electron chi connectivity index (χ1n) is 7.35. The van der Waals surface area contributed by atoms with E-state index in [9.17, 15) is 9.90 Å². The number of allylic oxidation sites excluding steroid dienone is 1. The molecule has 3 aromatic rings.